The number of carboxylic acids is 1. The van der Waals surface area contributed by atoms with Crippen LogP contribution in [0, 0.1) is 0 Å². The molecule has 0 bridgehead atoms. The number of tetrazole rings is 1. The van der Waals surface area contributed by atoms with Crippen molar-refractivity contribution in [3.63, 3.8) is 0 Å². The molecule has 0 spiro atoms. The smallest absolute Gasteiger partial charge is 0.328 e. The summed E-state index contributed by atoms with van der Waals surface area (Å²) in [6.07, 6.45) is 3.18. The van der Waals surface area contributed by atoms with E-state index in [9.17, 15) is 4.79 Å². The van der Waals surface area contributed by atoms with E-state index >= 15 is 0 Å². The summed E-state index contributed by atoms with van der Waals surface area (Å²) in [4.78, 5) is 14.8. The lowest BCUT2D eigenvalue weighted by Gasteiger charge is -2.08. The molecule has 0 radical (unpaired) electrons. The van der Waals surface area contributed by atoms with E-state index in [0.29, 0.717) is 11.5 Å². The van der Waals surface area contributed by atoms with Gasteiger partial charge in [-0.1, -0.05) is 0 Å². The molecule has 2 aromatic rings. The molecule has 84 valence electrons. The summed E-state index contributed by atoms with van der Waals surface area (Å²) in [5.41, 5.74) is 0.665. The molecule has 2 aromatic heterocycles. The second kappa shape index (κ2) is 3.72. The van der Waals surface area contributed by atoms with Gasteiger partial charge in [0.1, 0.15) is 5.69 Å². The van der Waals surface area contributed by atoms with E-state index in [1.165, 1.54) is 11.6 Å². The van der Waals surface area contributed by atoms with Crippen molar-refractivity contribution in [2.24, 2.45) is 7.05 Å². The zero-order valence-electron chi connectivity index (χ0n) is 8.77. The summed E-state index contributed by atoms with van der Waals surface area (Å²) in [5.74, 6) is -0.606. The Hall–Kier alpha value is -2.25. The zero-order chi connectivity index (χ0) is 11.7. The lowest BCUT2D eigenvalue weighted by atomic mass is 10.3. The van der Waals surface area contributed by atoms with Gasteiger partial charge in [-0.3, -0.25) is 0 Å². The van der Waals surface area contributed by atoms with E-state index < -0.39 is 12.0 Å². The fourth-order valence-corrected chi connectivity index (χ4v) is 1.30. The molecule has 1 N–H and O–H groups in total. The molecule has 0 aliphatic carbocycles. The van der Waals surface area contributed by atoms with E-state index in [1.807, 2.05) is 0 Å². The maximum Gasteiger partial charge on any atom is 0.328 e. The molecule has 0 amide bonds. The molecule has 1 unspecified atom stereocenters. The maximum absolute atomic E-state index is 10.9. The van der Waals surface area contributed by atoms with Gasteiger partial charge in [-0.15, -0.1) is 5.10 Å². The molecule has 0 aromatic carbocycles. The molecular formula is C8H10N6O2. The summed E-state index contributed by atoms with van der Waals surface area (Å²) in [5, 5.41) is 19.9. The number of nitrogens with zero attached hydrogens (tertiary/aromatic N) is 6. The third-order valence-corrected chi connectivity index (χ3v) is 2.26. The van der Waals surface area contributed by atoms with Gasteiger partial charge in [0.15, 0.2) is 6.04 Å². The molecule has 8 heteroatoms. The van der Waals surface area contributed by atoms with Crippen LogP contribution in [-0.4, -0.2) is 40.8 Å². The van der Waals surface area contributed by atoms with Gasteiger partial charge in [0, 0.05) is 7.05 Å². The van der Waals surface area contributed by atoms with Crippen LogP contribution in [0.3, 0.4) is 0 Å². The Bertz CT molecular complexity index is 516. The normalized spacial score (nSPS) is 12.6. The van der Waals surface area contributed by atoms with Crippen molar-refractivity contribution < 1.29 is 9.90 Å². The third-order valence-electron chi connectivity index (χ3n) is 2.26. The highest BCUT2D eigenvalue weighted by Gasteiger charge is 2.21. The van der Waals surface area contributed by atoms with Gasteiger partial charge in [0.25, 0.3) is 0 Å². The number of hydrogen-bond donors (Lipinski definition) is 1. The predicted molar refractivity (Wildman–Crippen MR) is 52.4 cm³/mol. The summed E-state index contributed by atoms with van der Waals surface area (Å²) in [6.45, 7) is 1.51. The van der Waals surface area contributed by atoms with Crippen LogP contribution in [0.15, 0.2) is 12.5 Å². The number of aryl methyl sites for hydroxylation is 1. The number of carbonyl (C=O) groups is 1. The van der Waals surface area contributed by atoms with Gasteiger partial charge < -0.3 is 9.67 Å². The number of carboxylic acid groups (broad SMARTS) is 1. The predicted octanol–water partition coefficient (Wildman–Crippen LogP) is -0.281. The Morgan fingerprint density at radius 3 is 2.88 bits per heavy atom. The van der Waals surface area contributed by atoms with Gasteiger partial charge in [-0.25, -0.2) is 14.5 Å². The highest BCUT2D eigenvalue weighted by atomic mass is 16.4. The number of aliphatic carboxylic acids is 1. The van der Waals surface area contributed by atoms with E-state index in [0.717, 1.165) is 0 Å². The number of aromatic nitrogens is 6. The summed E-state index contributed by atoms with van der Waals surface area (Å²) in [7, 11) is 1.78. The third kappa shape index (κ3) is 1.53. The maximum atomic E-state index is 10.9. The lowest BCUT2D eigenvalue weighted by molar-refractivity contribution is -0.140. The van der Waals surface area contributed by atoms with Gasteiger partial charge >= 0.3 is 5.97 Å². The minimum Gasteiger partial charge on any atom is -0.480 e. The Labute approximate surface area is 90.5 Å². The molecule has 1 atom stereocenters. The largest absolute Gasteiger partial charge is 0.480 e. The van der Waals surface area contributed by atoms with Crippen molar-refractivity contribution in [3.05, 3.63) is 12.5 Å². The second-order valence-corrected chi connectivity index (χ2v) is 3.35. The first-order valence-corrected chi connectivity index (χ1v) is 4.58. The average Bonchev–Trinajstić information content (AvgIpc) is 2.84. The number of rotatable bonds is 3. The van der Waals surface area contributed by atoms with Crippen LogP contribution in [0.25, 0.3) is 11.5 Å². The first-order chi connectivity index (χ1) is 7.61. The quantitative estimate of drug-likeness (QED) is 0.766. The molecular weight excluding hydrogens is 212 g/mol. The fraction of sp³-hybridized carbons (Fsp3) is 0.375. The van der Waals surface area contributed by atoms with E-state index in [-0.39, 0.29) is 0 Å². The molecule has 0 aliphatic rings. The first-order valence-electron chi connectivity index (χ1n) is 4.58. The van der Waals surface area contributed by atoms with Crippen molar-refractivity contribution in [2.75, 3.05) is 0 Å². The standard InChI is InChI=1S/C8H10N6O2/c1-5(8(15)16)14-7(10-11-12-14)6-3-9-4-13(6)2/h3-5H,1-2H3,(H,15,16). The highest BCUT2D eigenvalue weighted by Crippen LogP contribution is 2.17. The topological polar surface area (TPSA) is 98.7 Å². The van der Waals surface area contributed by atoms with Crippen LogP contribution in [0.5, 0.6) is 0 Å². The second-order valence-electron chi connectivity index (χ2n) is 3.35. The Balaban J connectivity index is 2.48. The monoisotopic (exact) mass is 222 g/mol. The van der Waals surface area contributed by atoms with Crippen LogP contribution in [-0.2, 0) is 11.8 Å². The molecule has 0 saturated heterocycles. The number of hydrogen-bond acceptors (Lipinski definition) is 5. The molecule has 0 saturated carbocycles. The molecule has 0 fully saturated rings. The van der Waals surface area contributed by atoms with E-state index in [2.05, 4.69) is 20.5 Å². The summed E-state index contributed by atoms with van der Waals surface area (Å²) >= 11 is 0. The molecule has 16 heavy (non-hydrogen) atoms. The zero-order valence-corrected chi connectivity index (χ0v) is 8.77. The van der Waals surface area contributed by atoms with Crippen LogP contribution in [0.1, 0.15) is 13.0 Å². The number of imidazole rings is 1. The van der Waals surface area contributed by atoms with Crippen LogP contribution >= 0.6 is 0 Å². The van der Waals surface area contributed by atoms with E-state index in [1.54, 1.807) is 24.1 Å². The van der Waals surface area contributed by atoms with Gasteiger partial charge in [-0.2, -0.15) is 0 Å². The molecule has 2 rings (SSSR count). The van der Waals surface area contributed by atoms with Gasteiger partial charge in [-0.05, 0) is 17.4 Å². The van der Waals surface area contributed by atoms with Gasteiger partial charge in [0.2, 0.25) is 5.82 Å². The molecule has 8 nitrogen and oxygen atoms in total. The van der Waals surface area contributed by atoms with Gasteiger partial charge in [0.05, 0.1) is 12.5 Å². The van der Waals surface area contributed by atoms with E-state index in [4.69, 9.17) is 5.11 Å². The highest BCUT2D eigenvalue weighted by molar-refractivity contribution is 5.72. The molecule has 2 heterocycles. The fourth-order valence-electron chi connectivity index (χ4n) is 1.30. The minimum atomic E-state index is -0.990. The van der Waals surface area contributed by atoms with Crippen molar-refractivity contribution in [2.45, 2.75) is 13.0 Å². The Morgan fingerprint density at radius 1 is 1.56 bits per heavy atom. The van der Waals surface area contributed by atoms with Crippen molar-refractivity contribution in [3.8, 4) is 11.5 Å². The summed E-state index contributed by atoms with van der Waals surface area (Å²) in [6, 6.07) is -0.820. The summed E-state index contributed by atoms with van der Waals surface area (Å²) < 4.78 is 2.97. The SMILES string of the molecule is CC(C(=O)O)n1nnnc1-c1cncn1C. The Morgan fingerprint density at radius 2 is 2.31 bits per heavy atom. The minimum absolute atomic E-state index is 0.384. The van der Waals surface area contributed by atoms with Crippen LogP contribution in [0.4, 0.5) is 0 Å². The molecule has 0 aliphatic heterocycles. The first kappa shape index (κ1) is 10.3. The van der Waals surface area contributed by atoms with Crippen LogP contribution in [0.2, 0.25) is 0 Å². The average molecular weight is 222 g/mol. The lowest BCUT2D eigenvalue weighted by Crippen LogP contribution is -2.18. The van der Waals surface area contributed by atoms with Crippen molar-refractivity contribution in [1.82, 2.24) is 29.8 Å². The van der Waals surface area contributed by atoms with Crippen molar-refractivity contribution in [1.29, 1.82) is 0 Å². The Kier molecular flexibility index (Phi) is 2.39. The van der Waals surface area contributed by atoms with Crippen LogP contribution < -0.4 is 0 Å². The van der Waals surface area contributed by atoms with Crippen molar-refractivity contribution >= 4 is 5.97 Å².